The van der Waals surface area contributed by atoms with Gasteiger partial charge in [0.05, 0.1) is 18.4 Å². The molecule has 1 aromatic rings. The molecule has 0 bridgehead atoms. The molecule has 0 aromatic heterocycles. The zero-order valence-electron chi connectivity index (χ0n) is 11.3. The number of benzene rings is 1. The second kappa shape index (κ2) is 5.29. The number of amides is 1. The van der Waals surface area contributed by atoms with Crippen molar-refractivity contribution in [2.45, 2.75) is 13.8 Å². The monoisotopic (exact) mass is 248 g/mol. The second-order valence-electron chi connectivity index (χ2n) is 4.35. The van der Waals surface area contributed by atoms with Gasteiger partial charge in [-0.3, -0.25) is 4.79 Å². The molecule has 1 aliphatic rings. The van der Waals surface area contributed by atoms with Crippen molar-refractivity contribution in [1.82, 2.24) is 4.90 Å². The first-order chi connectivity index (χ1) is 8.71. The summed E-state index contributed by atoms with van der Waals surface area (Å²) in [5.41, 5.74) is 1.76. The van der Waals surface area contributed by atoms with Gasteiger partial charge in [0, 0.05) is 32.2 Å². The molecule has 0 saturated carbocycles. The zero-order chi connectivity index (χ0) is 13.1. The van der Waals surface area contributed by atoms with E-state index in [2.05, 4.69) is 11.8 Å². The molecule has 0 N–H and O–H groups in total. The molecule has 0 aliphatic carbocycles. The number of anilines is 1. The highest BCUT2D eigenvalue weighted by Gasteiger charge is 2.25. The van der Waals surface area contributed by atoms with Gasteiger partial charge >= 0.3 is 0 Å². The molecule has 2 rings (SSSR count). The smallest absolute Gasteiger partial charge is 0.256 e. The van der Waals surface area contributed by atoms with Crippen LogP contribution in [0.25, 0.3) is 0 Å². The van der Waals surface area contributed by atoms with Crippen LogP contribution in [0.3, 0.4) is 0 Å². The average Bonchev–Trinajstić information content (AvgIpc) is 2.55. The van der Waals surface area contributed by atoms with Gasteiger partial charge in [-0.25, -0.2) is 0 Å². The van der Waals surface area contributed by atoms with E-state index in [0.29, 0.717) is 0 Å². The number of likely N-dealkylation sites (N-methyl/N-ethyl adjacent to an activating group) is 2. The summed E-state index contributed by atoms with van der Waals surface area (Å²) in [5, 5.41) is 0. The predicted octanol–water partition coefficient (Wildman–Crippen LogP) is 2.00. The van der Waals surface area contributed by atoms with Gasteiger partial charge in [-0.1, -0.05) is 0 Å². The lowest BCUT2D eigenvalue weighted by molar-refractivity contribution is 0.0775. The van der Waals surface area contributed by atoms with Crippen LogP contribution >= 0.6 is 0 Å². The lowest BCUT2D eigenvalue weighted by atomic mass is 10.1. The van der Waals surface area contributed by atoms with Gasteiger partial charge in [0.25, 0.3) is 5.91 Å². The van der Waals surface area contributed by atoms with E-state index in [-0.39, 0.29) is 5.91 Å². The second-order valence-corrected chi connectivity index (χ2v) is 4.35. The molecule has 1 amide bonds. The predicted molar refractivity (Wildman–Crippen MR) is 72.5 cm³/mol. The van der Waals surface area contributed by atoms with Crippen molar-refractivity contribution < 1.29 is 9.53 Å². The number of nitrogens with zero attached hydrogens (tertiary/aromatic N) is 2. The van der Waals surface area contributed by atoms with Crippen LogP contribution in [0.1, 0.15) is 24.2 Å². The number of hydrogen-bond donors (Lipinski definition) is 0. The van der Waals surface area contributed by atoms with E-state index >= 15 is 0 Å². The van der Waals surface area contributed by atoms with Crippen LogP contribution in [0.5, 0.6) is 5.75 Å². The van der Waals surface area contributed by atoms with Gasteiger partial charge in [0.1, 0.15) is 5.75 Å². The molecule has 0 saturated heterocycles. The lowest BCUT2D eigenvalue weighted by Gasteiger charge is -2.22. The summed E-state index contributed by atoms with van der Waals surface area (Å²) in [4.78, 5) is 16.5. The Morgan fingerprint density at radius 1 is 1.17 bits per heavy atom. The summed E-state index contributed by atoms with van der Waals surface area (Å²) in [5.74, 6) is 0.913. The number of methoxy groups -OCH3 is 1. The molecule has 1 aliphatic heterocycles. The summed E-state index contributed by atoms with van der Waals surface area (Å²) < 4.78 is 5.25. The topological polar surface area (TPSA) is 32.8 Å². The third-order valence-electron chi connectivity index (χ3n) is 3.47. The van der Waals surface area contributed by atoms with E-state index in [9.17, 15) is 4.79 Å². The minimum absolute atomic E-state index is 0.117. The first kappa shape index (κ1) is 12.7. The number of ether oxygens (including phenoxy) is 1. The Balaban J connectivity index is 2.48. The summed E-state index contributed by atoms with van der Waals surface area (Å²) in [7, 11) is 1.65. The van der Waals surface area contributed by atoms with Gasteiger partial charge in [-0.2, -0.15) is 0 Å². The first-order valence-corrected chi connectivity index (χ1v) is 6.43. The fourth-order valence-corrected chi connectivity index (χ4v) is 2.34. The Hall–Kier alpha value is -1.71. The van der Waals surface area contributed by atoms with Crippen molar-refractivity contribution >= 4 is 11.6 Å². The largest absolute Gasteiger partial charge is 0.497 e. The Bertz CT molecular complexity index is 445. The molecule has 0 fully saturated rings. The first-order valence-electron chi connectivity index (χ1n) is 6.43. The van der Waals surface area contributed by atoms with E-state index < -0.39 is 0 Å². The highest BCUT2D eigenvalue weighted by molar-refractivity contribution is 6.00. The SMILES string of the molecule is CCN1CCN(CC)c2cc(OC)ccc2C1=O. The summed E-state index contributed by atoms with van der Waals surface area (Å²) >= 11 is 0. The number of carbonyl (C=O) groups excluding carboxylic acids is 1. The van der Waals surface area contributed by atoms with Gasteiger partial charge in [-0.15, -0.1) is 0 Å². The Morgan fingerprint density at radius 3 is 2.44 bits per heavy atom. The number of rotatable bonds is 3. The minimum Gasteiger partial charge on any atom is -0.497 e. The van der Waals surface area contributed by atoms with Gasteiger partial charge in [0.2, 0.25) is 0 Å². The average molecular weight is 248 g/mol. The number of carbonyl (C=O) groups is 1. The van der Waals surface area contributed by atoms with Gasteiger partial charge < -0.3 is 14.5 Å². The van der Waals surface area contributed by atoms with E-state index in [1.807, 2.05) is 30.0 Å². The molecular formula is C14H20N2O2. The Kier molecular flexibility index (Phi) is 3.75. The summed E-state index contributed by atoms with van der Waals surface area (Å²) in [6, 6.07) is 5.67. The van der Waals surface area contributed by atoms with Gasteiger partial charge in [-0.05, 0) is 26.0 Å². The molecule has 1 heterocycles. The molecule has 0 spiro atoms. The summed E-state index contributed by atoms with van der Waals surface area (Å²) in [6.07, 6.45) is 0. The molecular weight excluding hydrogens is 228 g/mol. The fraction of sp³-hybridized carbons (Fsp3) is 0.500. The Morgan fingerprint density at radius 2 is 1.83 bits per heavy atom. The molecule has 0 radical (unpaired) electrons. The van der Waals surface area contributed by atoms with Gasteiger partial charge in [0.15, 0.2) is 0 Å². The maximum atomic E-state index is 12.4. The quantitative estimate of drug-likeness (QED) is 0.820. The van der Waals surface area contributed by atoms with Crippen molar-refractivity contribution in [2.75, 3.05) is 38.2 Å². The molecule has 4 heteroatoms. The Labute approximate surface area is 108 Å². The molecule has 18 heavy (non-hydrogen) atoms. The van der Waals surface area contributed by atoms with Crippen LogP contribution in [0.15, 0.2) is 18.2 Å². The van der Waals surface area contributed by atoms with Crippen LogP contribution in [0, 0.1) is 0 Å². The van der Waals surface area contributed by atoms with Crippen LogP contribution in [0.2, 0.25) is 0 Å². The van der Waals surface area contributed by atoms with Crippen LogP contribution in [-0.4, -0.2) is 44.1 Å². The number of hydrogen-bond acceptors (Lipinski definition) is 3. The third-order valence-corrected chi connectivity index (χ3v) is 3.47. The van der Waals surface area contributed by atoms with Crippen LogP contribution < -0.4 is 9.64 Å². The lowest BCUT2D eigenvalue weighted by Crippen LogP contribution is -2.34. The minimum atomic E-state index is 0.117. The fourth-order valence-electron chi connectivity index (χ4n) is 2.34. The maximum Gasteiger partial charge on any atom is 0.256 e. The number of fused-ring (bicyclic) bond motifs is 1. The molecule has 4 nitrogen and oxygen atoms in total. The summed E-state index contributed by atoms with van der Waals surface area (Å²) in [6.45, 7) is 7.42. The van der Waals surface area contributed by atoms with Crippen molar-refractivity contribution in [1.29, 1.82) is 0 Å². The molecule has 1 aromatic carbocycles. The van der Waals surface area contributed by atoms with E-state index in [1.165, 1.54) is 0 Å². The van der Waals surface area contributed by atoms with Crippen molar-refractivity contribution in [2.24, 2.45) is 0 Å². The zero-order valence-corrected chi connectivity index (χ0v) is 11.3. The van der Waals surface area contributed by atoms with Crippen molar-refractivity contribution in [3.63, 3.8) is 0 Å². The highest BCUT2D eigenvalue weighted by atomic mass is 16.5. The van der Waals surface area contributed by atoms with Crippen LogP contribution in [-0.2, 0) is 0 Å². The van der Waals surface area contributed by atoms with Crippen LogP contribution in [0.4, 0.5) is 5.69 Å². The molecule has 0 atom stereocenters. The highest BCUT2D eigenvalue weighted by Crippen LogP contribution is 2.29. The van der Waals surface area contributed by atoms with E-state index in [0.717, 1.165) is 43.2 Å². The molecule has 0 unspecified atom stereocenters. The normalized spacial score (nSPS) is 15.4. The molecule has 98 valence electrons. The van der Waals surface area contributed by atoms with Crippen molar-refractivity contribution in [3.8, 4) is 5.75 Å². The van der Waals surface area contributed by atoms with Crippen molar-refractivity contribution in [3.05, 3.63) is 23.8 Å². The van der Waals surface area contributed by atoms with E-state index in [1.54, 1.807) is 7.11 Å². The third kappa shape index (κ3) is 2.15. The van der Waals surface area contributed by atoms with E-state index in [4.69, 9.17) is 4.74 Å². The maximum absolute atomic E-state index is 12.4. The standard InChI is InChI=1S/C14H20N2O2/c1-4-15-8-9-16(5-2)14(17)12-7-6-11(18-3)10-13(12)15/h6-7,10H,4-5,8-9H2,1-3H3.